The summed E-state index contributed by atoms with van der Waals surface area (Å²) in [6.45, 7) is 3.11. The van der Waals surface area contributed by atoms with E-state index < -0.39 is 0 Å². The molecule has 4 rings (SSSR count). The highest BCUT2D eigenvalue weighted by atomic mass is 16.5. The molecule has 0 atom stereocenters. The summed E-state index contributed by atoms with van der Waals surface area (Å²) in [5.41, 5.74) is 2.97. The summed E-state index contributed by atoms with van der Waals surface area (Å²) >= 11 is 0. The molecule has 0 saturated carbocycles. The minimum Gasteiger partial charge on any atom is -0.494 e. The Bertz CT molecular complexity index is 1210. The first-order chi connectivity index (χ1) is 14.2. The van der Waals surface area contributed by atoms with Crippen molar-refractivity contribution in [2.45, 2.75) is 26.4 Å². The van der Waals surface area contributed by atoms with Crippen molar-refractivity contribution in [1.82, 2.24) is 14.3 Å². The second kappa shape index (κ2) is 8.22. The highest BCUT2D eigenvalue weighted by Crippen LogP contribution is 2.15. The normalized spacial score (nSPS) is 11.1. The molecule has 0 radical (unpaired) electrons. The molecule has 0 aliphatic carbocycles. The quantitative estimate of drug-likeness (QED) is 0.527. The molecule has 4 aromatic rings. The molecule has 0 spiro atoms. The predicted octanol–water partition coefficient (Wildman–Crippen LogP) is 3.36. The van der Waals surface area contributed by atoms with Gasteiger partial charge in [0.15, 0.2) is 0 Å². The number of nitrogens with one attached hydrogen (secondary N) is 1. The highest BCUT2D eigenvalue weighted by Gasteiger charge is 2.13. The van der Waals surface area contributed by atoms with E-state index in [2.05, 4.69) is 12.2 Å². The topological polar surface area (TPSA) is 64.7 Å². The van der Waals surface area contributed by atoms with Crippen LogP contribution in [0.3, 0.4) is 0 Å². The number of rotatable bonds is 7. The van der Waals surface area contributed by atoms with Gasteiger partial charge in [-0.25, -0.2) is 0 Å². The fraction of sp³-hybridized carbons (Fsp3) is 0.217. The first kappa shape index (κ1) is 18.8. The zero-order valence-corrected chi connectivity index (χ0v) is 16.3. The van der Waals surface area contributed by atoms with Gasteiger partial charge in [-0.15, -0.1) is 0 Å². The summed E-state index contributed by atoms with van der Waals surface area (Å²) in [5, 5.41) is 2.90. The number of carbonyl (C=O) groups excluding carboxylic acids is 1. The number of ether oxygens (including phenoxy) is 1. The molecule has 1 N–H and O–H groups in total. The Labute approximate surface area is 168 Å². The average Bonchev–Trinajstić information content (AvgIpc) is 3.25. The number of aromatic nitrogens is 2. The second-order valence-corrected chi connectivity index (χ2v) is 6.91. The smallest absolute Gasteiger partial charge is 0.275 e. The van der Waals surface area contributed by atoms with Gasteiger partial charge in [0, 0.05) is 12.7 Å². The number of fused-ring (bicyclic) bond motifs is 3. The lowest BCUT2D eigenvalue weighted by atomic mass is 10.2. The molecule has 6 nitrogen and oxygen atoms in total. The van der Waals surface area contributed by atoms with Crippen molar-refractivity contribution in [1.29, 1.82) is 0 Å². The third kappa shape index (κ3) is 3.87. The summed E-state index contributed by atoms with van der Waals surface area (Å²) in [7, 11) is 0. The van der Waals surface area contributed by atoms with E-state index in [1.165, 1.54) is 4.57 Å². The van der Waals surface area contributed by atoms with E-state index in [4.69, 9.17) is 4.74 Å². The highest BCUT2D eigenvalue weighted by molar-refractivity contribution is 5.82. The molecular formula is C23H23N3O3. The Morgan fingerprint density at radius 3 is 2.45 bits per heavy atom. The summed E-state index contributed by atoms with van der Waals surface area (Å²) in [6, 6.07) is 18.9. The molecule has 0 fully saturated rings. The molecule has 148 valence electrons. The van der Waals surface area contributed by atoms with Crippen LogP contribution in [0.1, 0.15) is 18.9 Å². The van der Waals surface area contributed by atoms with Crippen LogP contribution in [0.25, 0.3) is 16.6 Å². The van der Waals surface area contributed by atoms with E-state index in [0.717, 1.165) is 28.8 Å². The van der Waals surface area contributed by atoms with Gasteiger partial charge in [0.25, 0.3) is 5.56 Å². The standard InChI is InChI=1S/C23H23N3O3/c1-2-14-29-18-11-9-17(10-12-18)15-24-22(27)16-26-20-7-4-3-6-19(20)25-13-5-8-21(25)23(26)28/h3-13H,2,14-16H2,1H3,(H,24,27). The zero-order valence-electron chi connectivity index (χ0n) is 16.3. The lowest BCUT2D eigenvalue weighted by Gasteiger charge is -2.13. The van der Waals surface area contributed by atoms with E-state index in [1.807, 2.05) is 65.2 Å². The van der Waals surface area contributed by atoms with E-state index >= 15 is 0 Å². The van der Waals surface area contributed by atoms with Crippen LogP contribution < -0.4 is 15.6 Å². The minimum atomic E-state index is -0.209. The van der Waals surface area contributed by atoms with Crippen molar-refractivity contribution < 1.29 is 9.53 Å². The van der Waals surface area contributed by atoms with Gasteiger partial charge in [-0.3, -0.25) is 14.2 Å². The Hall–Kier alpha value is -3.54. The van der Waals surface area contributed by atoms with Crippen LogP contribution in [0.4, 0.5) is 0 Å². The first-order valence-corrected chi connectivity index (χ1v) is 9.74. The monoisotopic (exact) mass is 389 g/mol. The fourth-order valence-corrected chi connectivity index (χ4v) is 3.39. The first-order valence-electron chi connectivity index (χ1n) is 9.74. The molecule has 1 amide bonds. The SMILES string of the molecule is CCCOc1ccc(CNC(=O)Cn2c(=O)c3cccn3c3ccccc32)cc1. The molecule has 6 heteroatoms. The average molecular weight is 389 g/mol. The largest absolute Gasteiger partial charge is 0.494 e. The lowest BCUT2D eigenvalue weighted by molar-refractivity contribution is -0.121. The molecule has 29 heavy (non-hydrogen) atoms. The van der Waals surface area contributed by atoms with Gasteiger partial charge in [-0.1, -0.05) is 31.2 Å². The summed E-state index contributed by atoms with van der Waals surface area (Å²) in [5.74, 6) is 0.611. The van der Waals surface area contributed by atoms with E-state index in [0.29, 0.717) is 18.7 Å². The zero-order chi connectivity index (χ0) is 20.2. The number of para-hydroxylation sites is 2. The summed E-state index contributed by atoms with van der Waals surface area (Å²) in [6.07, 6.45) is 2.82. The van der Waals surface area contributed by atoms with Crippen molar-refractivity contribution in [2.24, 2.45) is 0 Å². The molecule has 0 aliphatic heterocycles. The van der Waals surface area contributed by atoms with Crippen LogP contribution >= 0.6 is 0 Å². The second-order valence-electron chi connectivity index (χ2n) is 6.91. The van der Waals surface area contributed by atoms with Crippen LogP contribution in [-0.2, 0) is 17.9 Å². The van der Waals surface area contributed by atoms with Gasteiger partial charge in [0.1, 0.15) is 17.8 Å². The van der Waals surface area contributed by atoms with Gasteiger partial charge >= 0.3 is 0 Å². The Balaban J connectivity index is 1.50. The van der Waals surface area contributed by atoms with Crippen molar-refractivity contribution in [3.05, 3.63) is 82.8 Å². The third-order valence-electron chi connectivity index (χ3n) is 4.83. The van der Waals surface area contributed by atoms with E-state index in [1.54, 1.807) is 6.07 Å². The third-order valence-corrected chi connectivity index (χ3v) is 4.83. The van der Waals surface area contributed by atoms with Gasteiger partial charge in [0.2, 0.25) is 5.91 Å². The maximum Gasteiger partial charge on any atom is 0.275 e. The van der Waals surface area contributed by atoms with E-state index in [-0.39, 0.29) is 18.0 Å². The van der Waals surface area contributed by atoms with Crippen LogP contribution in [0, 0.1) is 0 Å². The van der Waals surface area contributed by atoms with Gasteiger partial charge in [-0.2, -0.15) is 0 Å². The van der Waals surface area contributed by atoms with Crippen molar-refractivity contribution >= 4 is 22.5 Å². The molecule has 2 heterocycles. The Kier molecular flexibility index (Phi) is 5.33. The predicted molar refractivity (Wildman–Crippen MR) is 113 cm³/mol. The van der Waals surface area contributed by atoms with Crippen molar-refractivity contribution in [3.8, 4) is 5.75 Å². The fourth-order valence-electron chi connectivity index (χ4n) is 3.39. The molecule has 2 aromatic heterocycles. The number of carbonyl (C=O) groups is 1. The molecule has 0 unspecified atom stereocenters. The van der Waals surface area contributed by atoms with Gasteiger partial charge in [0.05, 0.1) is 17.6 Å². The number of amides is 1. The van der Waals surface area contributed by atoms with Crippen molar-refractivity contribution in [2.75, 3.05) is 6.61 Å². The molecule has 0 aliphatic rings. The Morgan fingerprint density at radius 1 is 0.966 bits per heavy atom. The van der Waals surface area contributed by atoms with Crippen LogP contribution in [0.5, 0.6) is 5.75 Å². The van der Waals surface area contributed by atoms with Gasteiger partial charge < -0.3 is 14.5 Å². The van der Waals surface area contributed by atoms with Gasteiger partial charge in [-0.05, 0) is 48.4 Å². The summed E-state index contributed by atoms with van der Waals surface area (Å²) in [4.78, 5) is 25.4. The Morgan fingerprint density at radius 2 is 1.69 bits per heavy atom. The summed E-state index contributed by atoms with van der Waals surface area (Å²) < 4.78 is 8.95. The molecule has 2 aromatic carbocycles. The van der Waals surface area contributed by atoms with Crippen LogP contribution in [0.15, 0.2) is 71.7 Å². The maximum absolute atomic E-state index is 12.9. The molecular weight excluding hydrogens is 366 g/mol. The number of nitrogens with zero attached hydrogens (tertiary/aromatic N) is 2. The van der Waals surface area contributed by atoms with E-state index in [9.17, 15) is 9.59 Å². The van der Waals surface area contributed by atoms with Crippen LogP contribution in [0.2, 0.25) is 0 Å². The maximum atomic E-state index is 12.9. The lowest BCUT2D eigenvalue weighted by Crippen LogP contribution is -2.32. The van der Waals surface area contributed by atoms with Crippen LogP contribution in [-0.4, -0.2) is 21.5 Å². The number of hydrogen-bond acceptors (Lipinski definition) is 3. The number of hydrogen-bond donors (Lipinski definition) is 1. The number of benzene rings is 2. The minimum absolute atomic E-state index is 0.0290. The molecule has 0 saturated heterocycles. The molecule has 0 bridgehead atoms. The van der Waals surface area contributed by atoms with Crippen molar-refractivity contribution in [3.63, 3.8) is 0 Å².